The van der Waals surface area contributed by atoms with Gasteiger partial charge in [0.15, 0.2) is 0 Å². The Hall–Kier alpha value is -2.21. The largest absolute Gasteiger partial charge is 0.378 e. The SMILES string of the molecule is CCO[C@@H]1C[C@H](NC(=O)c2c[nH]c3ccncc3c2=O)C1(CC)CC. The Morgan fingerprint density at radius 3 is 2.84 bits per heavy atom. The molecule has 0 aliphatic heterocycles. The molecule has 1 aliphatic carbocycles. The Morgan fingerprint density at radius 1 is 1.40 bits per heavy atom. The average Bonchev–Trinajstić information content (AvgIpc) is 2.62. The van der Waals surface area contributed by atoms with E-state index in [0.717, 1.165) is 19.3 Å². The lowest BCUT2D eigenvalue weighted by molar-refractivity contribution is -0.134. The first-order chi connectivity index (χ1) is 12.1. The van der Waals surface area contributed by atoms with Gasteiger partial charge in [-0.05, 0) is 32.3 Å². The smallest absolute Gasteiger partial charge is 0.257 e. The molecule has 2 N–H and O–H groups in total. The van der Waals surface area contributed by atoms with Gasteiger partial charge in [0.05, 0.1) is 17.0 Å². The molecule has 2 atom stereocenters. The number of carbonyl (C=O) groups excluding carboxylic acids is 1. The van der Waals surface area contributed by atoms with Crippen molar-refractivity contribution in [1.29, 1.82) is 0 Å². The molecule has 25 heavy (non-hydrogen) atoms. The van der Waals surface area contributed by atoms with Crippen LogP contribution in [0, 0.1) is 5.41 Å². The molecular weight excluding hydrogens is 318 g/mol. The molecule has 0 radical (unpaired) electrons. The van der Waals surface area contributed by atoms with Crippen LogP contribution in [0.25, 0.3) is 10.9 Å². The number of hydrogen-bond donors (Lipinski definition) is 2. The minimum atomic E-state index is -0.335. The predicted octanol–water partition coefficient (Wildman–Crippen LogP) is 2.64. The summed E-state index contributed by atoms with van der Waals surface area (Å²) in [5.41, 5.74) is 0.449. The average molecular weight is 343 g/mol. The summed E-state index contributed by atoms with van der Waals surface area (Å²) in [6.07, 6.45) is 7.39. The van der Waals surface area contributed by atoms with Crippen LogP contribution in [0.15, 0.2) is 29.5 Å². The Kier molecular flexibility index (Phi) is 4.90. The van der Waals surface area contributed by atoms with Crippen molar-refractivity contribution in [1.82, 2.24) is 15.3 Å². The van der Waals surface area contributed by atoms with Gasteiger partial charge in [-0.15, -0.1) is 0 Å². The van der Waals surface area contributed by atoms with Gasteiger partial charge in [0.2, 0.25) is 5.43 Å². The van der Waals surface area contributed by atoms with E-state index in [9.17, 15) is 9.59 Å². The molecule has 0 unspecified atom stereocenters. The second-order valence-electron chi connectivity index (χ2n) is 6.60. The van der Waals surface area contributed by atoms with Crippen molar-refractivity contribution in [2.75, 3.05) is 6.61 Å². The molecule has 6 heteroatoms. The molecule has 0 spiro atoms. The van der Waals surface area contributed by atoms with Crippen LogP contribution >= 0.6 is 0 Å². The highest BCUT2D eigenvalue weighted by molar-refractivity contribution is 5.97. The van der Waals surface area contributed by atoms with Gasteiger partial charge in [-0.2, -0.15) is 0 Å². The van der Waals surface area contributed by atoms with E-state index in [0.29, 0.717) is 17.5 Å². The third-order valence-corrected chi connectivity index (χ3v) is 5.70. The summed E-state index contributed by atoms with van der Waals surface area (Å²) in [4.78, 5) is 32.3. The lowest BCUT2D eigenvalue weighted by atomic mass is 9.58. The predicted molar refractivity (Wildman–Crippen MR) is 96.7 cm³/mol. The van der Waals surface area contributed by atoms with E-state index in [-0.39, 0.29) is 34.5 Å². The summed E-state index contributed by atoms with van der Waals surface area (Å²) in [5, 5.41) is 3.48. The number of amides is 1. The van der Waals surface area contributed by atoms with E-state index in [4.69, 9.17) is 4.74 Å². The number of pyridine rings is 2. The maximum Gasteiger partial charge on any atom is 0.257 e. The van der Waals surface area contributed by atoms with Crippen molar-refractivity contribution < 1.29 is 9.53 Å². The highest BCUT2D eigenvalue weighted by Crippen LogP contribution is 2.48. The lowest BCUT2D eigenvalue weighted by Crippen LogP contribution is -2.64. The maximum atomic E-state index is 12.7. The standard InChI is InChI=1S/C19H25N3O3/c1-4-19(5-2)15(9-16(19)25-6-3)22-18(24)13-11-21-14-7-8-20-10-12(14)17(13)23/h7-8,10-11,15-16H,4-6,9H2,1-3H3,(H,21,23)(H,22,24)/t15-,16+/m0/s1. The number of ether oxygens (including phenoxy) is 1. The number of nitrogens with zero attached hydrogens (tertiary/aromatic N) is 1. The Morgan fingerprint density at radius 2 is 2.16 bits per heavy atom. The number of aromatic nitrogens is 2. The topological polar surface area (TPSA) is 84.1 Å². The van der Waals surface area contributed by atoms with Crippen LogP contribution in [0.4, 0.5) is 0 Å². The zero-order valence-electron chi connectivity index (χ0n) is 15.0. The van der Waals surface area contributed by atoms with Gasteiger partial charge in [-0.3, -0.25) is 14.6 Å². The first-order valence-electron chi connectivity index (χ1n) is 8.95. The molecule has 134 valence electrons. The van der Waals surface area contributed by atoms with E-state index in [2.05, 4.69) is 29.1 Å². The number of H-pyrrole nitrogens is 1. The van der Waals surface area contributed by atoms with Crippen molar-refractivity contribution in [3.63, 3.8) is 0 Å². The molecule has 6 nitrogen and oxygen atoms in total. The monoisotopic (exact) mass is 343 g/mol. The zero-order valence-corrected chi connectivity index (χ0v) is 15.0. The molecule has 2 heterocycles. The van der Waals surface area contributed by atoms with Crippen molar-refractivity contribution >= 4 is 16.8 Å². The molecule has 2 aromatic rings. The van der Waals surface area contributed by atoms with E-state index in [1.165, 1.54) is 12.4 Å². The Balaban J connectivity index is 1.83. The van der Waals surface area contributed by atoms with Crippen LogP contribution in [0.1, 0.15) is 50.4 Å². The van der Waals surface area contributed by atoms with Crippen LogP contribution in [-0.4, -0.2) is 34.6 Å². The van der Waals surface area contributed by atoms with Crippen molar-refractivity contribution in [2.24, 2.45) is 5.41 Å². The number of carbonyl (C=O) groups is 1. The fourth-order valence-electron chi connectivity index (χ4n) is 4.05. The zero-order chi connectivity index (χ0) is 18.0. The van der Waals surface area contributed by atoms with E-state index >= 15 is 0 Å². The van der Waals surface area contributed by atoms with Crippen LogP contribution in [0.3, 0.4) is 0 Å². The van der Waals surface area contributed by atoms with Crippen LogP contribution in [-0.2, 0) is 4.74 Å². The van der Waals surface area contributed by atoms with E-state index in [1.54, 1.807) is 12.3 Å². The third-order valence-electron chi connectivity index (χ3n) is 5.70. The van der Waals surface area contributed by atoms with Crippen molar-refractivity contribution in [2.45, 2.75) is 52.2 Å². The van der Waals surface area contributed by atoms with Gasteiger partial charge in [0.1, 0.15) is 5.56 Å². The highest BCUT2D eigenvalue weighted by atomic mass is 16.5. The molecule has 1 aliphatic rings. The van der Waals surface area contributed by atoms with E-state index < -0.39 is 0 Å². The Labute approximate surface area is 147 Å². The summed E-state index contributed by atoms with van der Waals surface area (Å²) in [5.74, 6) is -0.335. The fourth-order valence-corrected chi connectivity index (χ4v) is 4.05. The van der Waals surface area contributed by atoms with Crippen LogP contribution < -0.4 is 10.7 Å². The Bertz CT molecular complexity index is 826. The molecule has 1 saturated carbocycles. The van der Waals surface area contributed by atoms with Gasteiger partial charge >= 0.3 is 0 Å². The second kappa shape index (κ2) is 6.96. The number of rotatable bonds is 6. The molecule has 1 fully saturated rings. The molecule has 1 amide bonds. The maximum absolute atomic E-state index is 12.7. The summed E-state index contributed by atoms with van der Waals surface area (Å²) in [7, 11) is 0. The fraction of sp³-hybridized carbons (Fsp3) is 0.526. The number of aromatic amines is 1. The summed E-state index contributed by atoms with van der Waals surface area (Å²) in [6.45, 7) is 6.92. The number of fused-ring (bicyclic) bond motifs is 1. The van der Waals surface area contributed by atoms with Crippen molar-refractivity contribution in [3.05, 3.63) is 40.4 Å². The lowest BCUT2D eigenvalue weighted by Gasteiger charge is -2.55. The summed E-state index contributed by atoms with van der Waals surface area (Å²) < 4.78 is 5.85. The molecule has 0 aromatic carbocycles. The van der Waals surface area contributed by atoms with E-state index in [1.807, 2.05) is 6.92 Å². The molecule has 0 saturated heterocycles. The van der Waals surface area contributed by atoms with Gasteiger partial charge in [0.25, 0.3) is 5.91 Å². The van der Waals surface area contributed by atoms with Crippen molar-refractivity contribution in [3.8, 4) is 0 Å². The third kappa shape index (κ3) is 2.84. The summed E-state index contributed by atoms with van der Waals surface area (Å²) in [6, 6.07) is 1.74. The minimum absolute atomic E-state index is 0.0237. The van der Waals surface area contributed by atoms with Crippen LogP contribution in [0.5, 0.6) is 0 Å². The van der Waals surface area contributed by atoms with Gasteiger partial charge < -0.3 is 15.0 Å². The molecule has 3 rings (SSSR count). The van der Waals surface area contributed by atoms with Crippen LogP contribution in [0.2, 0.25) is 0 Å². The van der Waals surface area contributed by atoms with Gasteiger partial charge in [0, 0.05) is 36.7 Å². The minimum Gasteiger partial charge on any atom is -0.378 e. The molecule has 2 aromatic heterocycles. The first kappa shape index (κ1) is 17.6. The molecule has 0 bridgehead atoms. The second-order valence-corrected chi connectivity index (χ2v) is 6.60. The quantitative estimate of drug-likeness (QED) is 0.844. The normalized spacial score (nSPS) is 21.7. The first-order valence-corrected chi connectivity index (χ1v) is 8.95. The summed E-state index contributed by atoms with van der Waals surface area (Å²) >= 11 is 0. The number of hydrogen-bond acceptors (Lipinski definition) is 4. The van der Waals surface area contributed by atoms with Gasteiger partial charge in [-0.25, -0.2) is 0 Å². The highest BCUT2D eigenvalue weighted by Gasteiger charge is 2.53. The molecular formula is C19H25N3O3. The van der Waals surface area contributed by atoms with Gasteiger partial charge in [-0.1, -0.05) is 13.8 Å². The number of nitrogens with one attached hydrogen (secondary N) is 2.